The zero-order chi connectivity index (χ0) is 22.0. The minimum absolute atomic E-state index is 0.151. The van der Waals surface area contributed by atoms with E-state index < -0.39 is 11.7 Å². The number of carbonyl (C=O) groups is 1. The Kier molecular flexibility index (Phi) is 5.62. The van der Waals surface area contributed by atoms with Crippen molar-refractivity contribution in [2.24, 2.45) is 5.92 Å². The van der Waals surface area contributed by atoms with Gasteiger partial charge in [-0.3, -0.25) is 9.36 Å². The van der Waals surface area contributed by atoms with Gasteiger partial charge in [0.05, 0.1) is 5.56 Å². The molecule has 1 aromatic carbocycles. The van der Waals surface area contributed by atoms with Crippen LogP contribution >= 0.6 is 0 Å². The molecular formula is C21H21F3N6O. The van der Waals surface area contributed by atoms with E-state index in [2.05, 4.69) is 25.2 Å². The molecule has 1 saturated heterocycles. The number of hydrogen-bond donors (Lipinski definition) is 1. The van der Waals surface area contributed by atoms with Gasteiger partial charge in [0.25, 0.3) is 0 Å². The lowest BCUT2D eigenvalue weighted by molar-refractivity contribution is -0.137. The van der Waals surface area contributed by atoms with E-state index in [4.69, 9.17) is 0 Å². The Bertz CT molecular complexity index is 1070. The first-order valence-corrected chi connectivity index (χ1v) is 9.87. The molecule has 0 aliphatic carbocycles. The SMILES string of the molecule is Cc1nccn1-c1cc(N2CCC(C(=O)Nc3cccc(C(F)(F)F)c3)CC2)ncn1. The molecule has 2 aromatic heterocycles. The maximum atomic E-state index is 12.9. The summed E-state index contributed by atoms with van der Waals surface area (Å²) in [6.07, 6.45) is 1.73. The van der Waals surface area contributed by atoms with Gasteiger partial charge in [0, 0.05) is 43.2 Å². The Morgan fingerprint density at radius 3 is 2.52 bits per heavy atom. The number of imidazole rings is 1. The van der Waals surface area contributed by atoms with Crippen molar-refractivity contribution in [2.75, 3.05) is 23.3 Å². The van der Waals surface area contributed by atoms with Gasteiger partial charge >= 0.3 is 6.18 Å². The van der Waals surface area contributed by atoms with Crippen LogP contribution in [0.15, 0.2) is 49.1 Å². The highest BCUT2D eigenvalue weighted by molar-refractivity contribution is 5.92. The highest BCUT2D eigenvalue weighted by atomic mass is 19.4. The minimum Gasteiger partial charge on any atom is -0.356 e. The fourth-order valence-electron chi connectivity index (χ4n) is 3.65. The smallest absolute Gasteiger partial charge is 0.356 e. The maximum absolute atomic E-state index is 12.9. The summed E-state index contributed by atoms with van der Waals surface area (Å²) >= 11 is 0. The summed E-state index contributed by atoms with van der Waals surface area (Å²) in [5, 5.41) is 2.62. The van der Waals surface area contributed by atoms with E-state index in [1.54, 1.807) is 6.20 Å². The molecule has 3 aromatic rings. The number of piperidine rings is 1. The number of aromatic nitrogens is 4. The van der Waals surface area contributed by atoms with E-state index >= 15 is 0 Å². The summed E-state index contributed by atoms with van der Waals surface area (Å²) in [5.74, 6) is 1.74. The van der Waals surface area contributed by atoms with E-state index in [0.29, 0.717) is 31.7 Å². The van der Waals surface area contributed by atoms with Crippen molar-refractivity contribution in [1.82, 2.24) is 19.5 Å². The Labute approximate surface area is 177 Å². The topological polar surface area (TPSA) is 75.9 Å². The number of aryl methyl sites for hydroxylation is 1. The summed E-state index contributed by atoms with van der Waals surface area (Å²) in [5.41, 5.74) is -0.633. The molecule has 0 bridgehead atoms. The van der Waals surface area contributed by atoms with Gasteiger partial charge in [-0.15, -0.1) is 0 Å². The summed E-state index contributed by atoms with van der Waals surface area (Å²) in [7, 11) is 0. The van der Waals surface area contributed by atoms with Crippen LogP contribution in [0.3, 0.4) is 0 Å². The Balaban J connectivity index is 1.38. The average Bonchev–Trinajstić information content (AvgIpc) is 3.19. The van der Waals surface area contributed by atoms with Gasteiger partial charge in [0.2, 0.25) is 5.91 Å². The molecule has 1 aliphatic heterocycles. The Morgan fingerprint density at radius 1 is 1.10 bits per heavy atom. The number of amides is 1. The quantitative estimate of drug-likeness (QED) is 0.681. The predicted molar refractivity (Wildman–Crippen MR) is 109 cm³/mol. The van der Waals surface area contributed by atoms with Crippen LogP contribution in [0.1, 0.15) is 24.2 Å². The molecular weight excluding hydrogens is 409 g/mol. The molecule has 162 valence electrons. The van der Waals surface area contributed by atoms with Crippen molar-refractivity contribution < 1.29 is 18.0 Å². The third-order valence-electron chi connectivity index (χ3n) is 5.36. The van der Waals surface area contributed by atoms with Crippen LogP contribution < -0.4 is 10.2 Å². The number of carbonyl (C=O) groups excluding carboxylic acids is 1. The fourth-order valence-corrected chi connectivity index (χ4v) is 3.65. The number of anilines is 2. The van der Waals surface area contributed by atoms with Crippen molar-refractivity contribution in [3.63, 3.8) is 0 Å². The standard InChI is InChI=1S/C21H21F3N6O/c1-14-25-7-10-30(14)19-12-18(26-13-27-19)29-8-5-15(6-9-29)20(31)28-17-4-2-3-16(11-17)21(22,23)24/h2-4,7,10-13,15H,5-6,8-9H2,1H3,(H,28,31). The van der Waals surface area contributed by atoms with Gasteiger partial charge in [-0.2, -0.15) is 13.2 Å². The molecule has 31 heavy (non-hydrogen) atoms. The highest BCUT2D eigenvalue weighted by Gasteiger charge is 2.31. The van der Waals surface area contributed by atoms with E-state index in [1.165, 1.54) is 18.5 Å². The molecule has 4 rings (SSSR count). The van der Waals surface area contributed by atoms with Crippen molar-refractivity contribution in [3.8, 4) is 5.82 Å². The summed E-state index contributed by atoms with van der Waals surface area (Å²) < 4.78 is 40.5. The first-order chi connectivity index (χ1) is 14.8. The zero-order valence-corrected chi connectivity index (χ0v) is 16.8. The number of nitrogens with zero attached hydrogens (tertiary/aromatic N) is 5. The summed E-state index contributed by atoms with van der Waals surface area (Å²) in [6, 6.07) is 6.55. The molecule has 0 radical (unpaired) electrons. The fraction of sp³-hybridized carbons (Fsp3) is 0.333. The van der Waals surface area contributed by atoms with Crippen molar-refractivity contribution in [2.45, 2.75) is 25.9 Å². The largest absolute Gasteiger partial charge is 0.416 e. The zero-order valence-electron chi connectivity index (χ0n) is 16.8. The maximum Gasteiger partial charge on any atom is 0.416 e. The second-order valence-electron chi connectivity index (χ2n) is 7.41. The van der Waals surface area contributed by atoms with E-state index in [9.17, 15) is 18.0 Å². The van der Waals surface area contributed by atoms with E-state index in [1.807, 2.05) is 23.8 Å². The molecule has 1 aliphatic rings. The average molecular weight is 430 g/mol. The van der Waals surface area contributed by atoms with Gasteiger partial charge in [-0.25, -0.2) is 15.0 Å². The van der Waals surface area contributed by atoms with Crippen LogP contribution in [0.4, 0.5) is 24.7 Å². The summed E-state index contributed by atoms with van der Waals surface area (Å²) in [4.78, 5) is 27.5. The number of rotatable bonds is 4. The molecule has 0 spiro atoms. The molecule has 7 nitrogen and oxygen atoms in total. The lowest BCUT2D eigenvalue weighted by Crippen LogP contribution is -2.38. The molecule has 10 heteroatoms. The normalized spacial score (nSPS) is 15.2. The van der Waals surface area contributed by atoms with Crippen molar-refractivity contribution >= 4 is 17.4 Å². The Hall–Kier alpha value is -3.43. The van der Waals surface area contributed by atoms with Gasteiger partial charge in [-0.05, 0) is 38.0 Å². The Morgan fingerprint density at radius 2 is 1.84 bits per heavy atom. The van der Waals surface area contributed by atoms with Crippen molar-refractivity contribution in [3.05, 3.63) is 60.4 Å². The molecule has 1 amide bonds. The third-order valence-corrected chi connectivity index (χ3v) is 5.36. The van der Waals surface area contributed by atoms with E-state index in [0.717, 1.165) is 23.8 Å². The second-order valence-corrected chi connectivity index (χ2v) is 7.41. The molecule has 1 fully saturated rings. The van der Waals surface area contributed by atoms with Gasteiger partial charge < -0.3 is 10.2 Å². The van der Waals surface area contributed by atoms with Crippen LogP contribution in [0.5, 0.6) is 0 Å². The third kappa shape index (κ3) is 4.68. The molecule has 3 heterocycles. The van der Waals surface area contributed by atoms with Gasteiger partial charge in [-0.1, -0.05) is 6.07 Å². The molecule has 0 atom stereocenters. The van der Waals surface area contributed by atoms with Crippen LogP contribution in [-0.4, -0.2) is 38.5 Å². The highest BCUT2D eigenvalue weighted by Crippen LogP contribution is 2.31. The number of halogens is 3. The van der Waals surface area contributed by atoms with E-state index in [-0.39, 0.29) is 17.5 Å². The van der Waals surface area contributed by atoms with Gasteiger partial charge in [0.15, 0.2) is 0 Å². The summed E-state index contributed by atoms with van der Waals surface area (Å²) in [6.45, 7) is 3.11. The van der Waals surface area contributed by atoms with Gasteiger partial charge in [0.1, 0.15) is 23.8 Å². The first kappa shape index (κ1) is 20.8. The molecule has 0 unspecified atom stereocenters. The molecule has 0 saturated carbocycles. The van der Waals surface area contributed by atoms with Crippen molar-refractivity contribution in [1.29, 1.82) is 0 Å². The number of hydrogen-bond acceptors (Lipinski definition) is 5. The lowest BCUT2D eigenvalue weighted by Gasteiger charge is -2.32. The second kappa shape index (κ2) is 8.37. The van der Waals surface area contributed by atoms with Crippen LogP contribution in [-0.2, 0) is 11.0 Å². The monoisotopic (exact) mass is 430 g/mol. The number of nitrogens with one attached hydrogen (secondary N) is 1. The van der Waals surface area contributed by atoms with Crippen LogP contribution in [0, 0.1) is 12.8 Å². The van der Waals surface area contributed by atoms with Crippen LogP contribution in [0.2, 0.25) is 0 Å². The minimum atomic E-state index is -4.45. The van der Waals surface area contributed by atoms with Crippen LogP contribution in [0.25, 0.3) is 5.82 Å². The lowest BCUT2D eigenvalue weighted by atomic mass is 9.95. The first-order valence-electron chi connectivity index (χ1n) is 9.87. The predicted octanol–water partition coefficient (Wildman–Crippen LogP) is 3.84. The number of alkyl halides is 3. The molecule has 1 N–H and O–H groups in total. The number of benzene rings is 1.